The molecule has 1 fully saturated rings. The Kier molecular flexibility index (Phi) is 6.58. The van der Waals surface area contributed by atoms with Crippen molar-refractivity contribution in [2.45, 2.75) is 68.5 Å². The van der Waals surface area contributed by atoms with E-state index in [0.717, 1.165) is 17.7 Å². The molecule has 2 heterocycles. The lowest BCUT2D eigenvalue weighted by Gasteiger charge is -2.61. The number of nitrogens with zero attached hydrogens (tertiary/aromatic N) is 1. The Labute approximate surface area is 237 Å². The molecule has 10 nitrogen and oxygen atoms in total. The average Bonchev–Trinajstić information content (AvgIpc) is 3.31. The first-order valence-electron chi connectivity index (χ1n) is 13.7. The number of likely N-dealkylation sites (N-methyl/N-ethyl adjacent to an activating group) is 1. The number of rotatable bonds is 7. The molecule has 0 aromatic heterocycles. The molecule has 2 aromatic carbocycles. The Morgan fingerprint density at radius 2 is 1.85 bits per heavy atom. The maximum atomic E-state index is 13.7. The minimum absolute atomic E-state index is 0.150. The predicted octanol–water partition coefficient (Wildman–Crippen LogP) is 2.75. The Morgan fingerprint density at radius 1 is 1.10 bits per heavy atom. The lowest BCUT2D eigenvalue weighted by Crippen LogP contribution is -2.74. The fourth-order valence-electron chi connectivity index (χ4n) is 7.15. The van der Waals surface area contributed by atoms with Gasteiger partial charge in [0.2, 0.25) is 6.10 Å². The maximum Gasteiger partial charge on any atom is 0.357 e. The maximum absolute atomic E-state index is 13.7. The van der Waals surface area contributed by atoms with Crippen molar-refractivity contribution in [3.8, 4) is 11.5 Å². The molecule has 0 unspecified atom stereocenters. The van der Waals surface area contributed by atoms with Crippen LogP contribution in [-0.4, -0.2) is 72.5 Å². The van der Waals surface area contributed by atoms with Crippen LogP contribution in [0.4, 0.5) is 0 Å². The van der Waals surface area contributed by atoms with Crippen LogP contribution in [0.2, 0.25) is 0 Å². The molecular weight excluding hydrogens is 530 g/mol. The standard InChI is InChI=1S/C31H33NO9/c1-17(38-18(2)33)28(34)41-25(19-8-6-5-7-9-19)29(35)39-22-12-13-31(36)23-16-20-10-11-21(37-4)26-24(20)30(31,27(22)40-26)14-15-32(23)3/h5-12,17,23,25,27,36H,13-16H2,1-4H3/t17-,23-,25-,27+,30+,31-/m0/s1. The SMILES string of the molecule is COc1ccc2c3c1O[C@@H]1C(OC(=O)[C@@H](OC(=O)[C@H](C)OC(C)=O)c4ccccc4)=CC[C@]4(O)[C@H](C2)N(C)CC[C@@]314. The van der Waals surface area contributed by atoms with E-state index in [4.69, 9.17) is 23.7 Å². The number of piperidine rings is 1. The van der Waals surface area contributed by atoms with E-state index in [1.807, 2.05) is 19.2 Å². The van der Waals surface area contributed by atoms with E-state index in [1.54, 1.807) is 43.5 Å². The average molecular weight is 564 g/mol. The number of carbonyl (C=O) groups is 3. The molecule has 2 bridgehead atoms. The number of ether oxygens (including phenoxy) is 5. The second-order valence-corrected chi connectivity index (χ2v) is 11.2. The van der Waals surface area contributed by atoms with E-state index >= 15 is 0 Å². The summed E-state index contributed by atoms with van der Waals surface area (Å²) in [5.74, 6) is -1.02. The molecule has 2 aliphatic heterocycles. The highest BCUT2D eigenvalue weighted by Gasteiger charge is 2.72. The summed E-state index contributed by atoms with van der Waals surface area (Å²) in [5, 5.41) is 12.4. The third-order valence-electron chi connectivity index (χ3n) is 9.00. The second-order valence-electron chi connectivity index (χ2n) is 11.2. The van der Waals surface area contributed by atoms with E-state index in [0.29, 0.717) is 29.9 Å². The Morgan fingerprint density at radius 3 is 2.56 bits per heavy atom. The minimum Gasteiger partial charge on any atom is -0.493 e. The summed E-state index contributed by atoms with van der Waals surface area (Å²) in [6.07, 6.45) is -0.231. The zero-order valence-corrected chi connectivity index (χ0v) is 23.4. The van der Waals surface area contributed by atoms with Crippen LogP contribution in [0, 0.1) is 0 Å². The van der Waals surface area contributed by atoms with Crippen molar-refractivity contribution >= 4 is 17.9 Å². The number of benzene rings is 2. The lowest BCUT2D eigenvalue weighted by atomic mass is 9.50. The van der Waals surface area contributed by atoms with Crippen molar-refractivity contribution in [3.63, 3.8) is 0 Å². The minimum atomic E-state index is -1.42. The van der Waals surface area contributed by atoms with Gasteiger partial charge in [-0.15, -0.1) is 0 Å². The number of carbonyl (C=O) groups excluding carboxylic acids is 3. The van der Waals surface area contributed by atoms with Gasteiger partial charge in [-0.3, -0.25) is 4.79 Å². The molecule has 0 amide bonds. The zero-order chi connectivity index (χ0) is 29.1. The van der Waals surface area contributed by atoms with Crippen LogP contribution in [0.3, 0.4) is 0 Å². The molecule has 10 heteroatoms. The van der Waals surface area contributed by atoms with Gasteiger partial charge in [0, 0.05) is 30.5 Å². The van der Waals surface area contributed by atoms with E-state index in [9.17, 15) is 19.5 Å². The molecule has 0 radical (unpaired) electrons. The van der Waals surface area contributed by atoms with Crippen LogP contribution in [0.1, 0.15) is 49.5 Å². The Hall–Kier alpha value is -3.89. The number of esters is 3. The molecule has 41 heavy (non-hydrogen) atoms. The summed E-state index contributed by atoms with van der Waals surface area (Å²) in [5.41, 5.74) is 0.373. The monoisotopic (exact) mass is 563 g/mol. The third-order valence-corrected chi connectivity index (χ3v) is 9.00. The summed E-state index contributed by atoms with van der Waals surface area (Å²) < 4.78 is 28.7. The Balaban J connectivity index is 1.36. The van der Waals surface area contributed by atoms with Crippen LogP contribution in [-0.2, 0) is 40.4 Å². The van der Waals surface area contributed by atoms with Crippen LogP contribution in [0.15, 0.2) is 54.3 Å². The first-order valence-corrected chi connectivity index (χ1v) is 13.7. The first-order chi connectivity index (χ1) is 19.6. The van der Waals surface area contributed by atoms with Crippen LogP contribution in [0.25, 0.3) is 0 Å². The van der Waals surface area contributed by atoms with Gasteiger partial charge in [-0.2, -0.15) is 0 Å². The summed E-state index contributed by atoms with van der Waals surface area (Å²) >= 11 is 0. The van der Waals surface area contributed by atoms with Gasteiger partial charge in [0.1, 0.15) is 5.76 Å². The molecule has 1 spiro atoms. The van der Waals surface area contributed by atoms with E-state index < -0.39 is 47.2 Å². The van der Waals surface area contributed by atoms with Crippen molar-refractivity contribution in [2.24, 2.45) is 0 Å². The number of aliphatic hydroxyl groups is 1. The summed E-state index contributed by atoms with van der Waals surface area (Å²) in [4.78, 5) is 40.1. The number of hydrogen-bond donors (Lipinski definition) is 1. The molecule has 0 saturated carbocycles. The van der Waals surface area contributed by atoms with Crippen LogP contribution < -0.4 is 9.47 Å². The molecule has 6 rings (SSSR count). The molecule has 1 saturated heterocycles. The lowest BCUT2D eigenvalue weighted by molar-refractivity contribution is -0.181. The fraction of sp³-hybridized carbons (Fsp3) is 0.452. The first kappa shape index (κ1) is 27.3. The molecule has 4 aliphatic rings. The van der Waals surface area contributed by atoms with E-state index in [2.05, 4.69) is 4.90 Å². The molecule has 216 valence electrons. The normalized spacial score (nSPS) is 28.8. The largest absolute Gasteiger partial charge is 0.493 e. The van der Waals surface area contributed by atoms with Gasteiger partial charge in [0.25, 0.3) is 0 Å². The van der Waals surface area contributed by atoms with Gasteiger partial charge in [0.15, 0.2) is 23.7 Å². The highest BCUT2D eigenvalue weighted by Crippen LogP contribution is 2.65. The van der Waals surface area contributed by atoms with E-state index in [-0.39, 0.29) is 18.2 Å². The number of hydrogen-bond acceptors (Lipinski definition) is 10. The quantitative estimate of drug-likeness (QED) is 0.398. The molecular formula is C31H33NO9. The van der Waals surface area contributed by atoms with Gasteiger partial charge in [-0.25, -0.2) is 9.59 Å². The smallest absolute Gasteiger partial charge is 0.357 e. The van der Waals surface area contributed by atoms with Crippen LogP contribution in [0.5, 0.6) is 11.5 Å². The molecule has 6 atom stereocenters. The van der Waals surface area contributed by atoms with Gasteiger partial charge in [0.05, 0.1) is 18.1 Å². The summed E-state index contributed by atoms with van der Waals surface area (Å²) in [6, 6.07) is 12.2. The third kappa shape index (κ3) is 4.03. The molecule has 2 aliphatic carbocycles. The second kappa shape index (κ2) is 9.88. The summed E-state index contributed by atoms with van der Waals surface area (Å²) in [7, 11) is 3.59. The summed E-state index contributed by atoms with van der Waals surface area (Å²) in [6.45, 7) is 3.28. The van der Waals surface area contributed by atoms with Gasteiger partial charge in [-0.1, -0.05) is 36.4 Å². The fourth-order valence-corrected chi connectivity index (χ4v) is 7.15. The van der Waals surface area contributed by atoms with Crippen molar-refractivity contribution in [1.82, 2.24) is 4.90 Å². The molecule has 1 N–H and O–H groups in total. The van der Waals surface area contributed by atoms with Gasteiger partial charge >= 0.3 is 17.9 Å². The van der Waals surface area contributed by atoms with Crippen molar-refractivity contribution in [1.29, 1.82) is 0 Å². The predicted molar refractivity (Wildman–Crippen MR) is 144 cm³/mol. The topological polar surface area (TPSA) is 121 Å². The zero-order valence-electron chi connectivity index (χ0n) is 23.4. The van der Waals surface area contributed by atoms with Crippen LogP contribution >= 0.6 is 0 Å². The van der Waals surface area contributed by atoms with Crippen molar-refractivity contribution in [3.05, 3.63) is 71.0 Å². The van der Waals surface area contributed by atoms with Gasteiger partial charge in [-0.05, 0) is 51.1 Å². The van der Waals surface area contributed by atoms with Gasteiger partial charge < -0.3 is 33.7 Å². The number of methoxy groups -OCH3 is 1. The Bertz CT molecular complexity index is 1440. The highest BCUT2D eigenvalue weighted by molar-refractivity contribution is 5.84. The van der Waals surface area contributed by atoms with Crippen molar-refractivity contribution in [2.75, 3.05) is 20.7 Å². The molecule has 2 aromatic rings. The number of likely N-dealkylation sites (tertiary alicyclic amines) is 1. The van der Waals surface area contributed by atoms with Crippen molar-refractivity contribution < 1.29 is 43.2 Å². The highest BCUT2D eigenvalue weighted by atomic mass is 16.6. The van der Waals surface area contributed by atoms with E-state index in [1.165, 1.54) is 13.8 Å².